The maximum atomic E-state index is 9.66. The summed E-state index contributed by atoms with van der Waals surface area (Å²) in [6.45, 7) is 6.88. The highest BCUT2D eigenvalue weighted by molar-refractivity contribution is 5.78. The molecule has 3 heterocycles. The Bertz CT molecular complexity index is 727. The zero-order valence-corrected chi connectivity index (χ0v) is 15.3. The zero-order chi connectivity index (χ0) is 17.9. The van der Waals surface area contributed by atoms with Crippen LogP contribution in [0.25, 0.3) is 11.1 Å². The van der Waals surface area contributed by atoms with E-state index in [9.17, 15) is 5.11 Å². The Kier molecular flexibility index (Phi) is 5.04. The van der Waals surface area contributed by atoms with Gasteiger partial charge in [-0.15, -0.1) is 0 Å². The molecule has 1 atom stereocenters. The third kappa shape index (κ3) is 3.66. The molecule has 2 aliphatic heterocycles. The van der Waals surface area contributed by atoms with Gasteiger partial charge in [0.2, 0.25) is 5.95 Å². The molecule has 4 rings (SSSR count). The first-order chi connectivity index (χ1) is 12.7. The number of aliphatic hydroxyl groups is 1. The molecule has 2 N–H and O–H groups in total. The number of nitrogens with zero attached hydrogens (tertiary/aromatic N) is 4. The number of aliphatic hydroxyl groups excluding tert-OH is 1. The number of anilines is 2. The first-order valence-electron chi connectivity index (χ1n) is 9.53. The molecule has 6 heteroatoms. The Morgan fingerprint density at radius 3 is 2.50 bits per heavy atom. The number of nitrogens with one attached hydrogen (secondary N) is 1. The second-order valence-corrected chi connectivity index (χ2v) is 7.31. The zero-order valence-electron chi connectivity index (χ0n) is 15.3. The minimum Gasteiger partial charge on any atom is -0.393 e. The maximum Gasteiger partial charge on any atom is 0.225 e. The van der Waals surface area contributed by atoms with Gasteiger partial charge < -0.3 is 20.2 Å². The molecule has 0 aliphatic carbocycles. The summed E-state index contributed by atoms with van der Waals surface area (Å²) in [6, 6.07) is 9.00. The molecule has 1 unspecified atom stereocenters. The molecular formula is C20H27N5O. The number of para-hydroxylation sites is 1. The van der Waals surface area contributed by atoms with Crippen LogP contribution in [0.3, 0.4) is 0 Å². The van der Waals surface area contributed by atoms with E-state index in [0.29, 0.717) is 6.04 Å². The van der Waals surface area contributed by atoms with Crippen molar-refractivity contribution in [2.24, 2.45) is 0 Å². The SMILES string of the molecule is CC1CN(c2ccccc2-c2cnc(N3CCC(O)CC3)nc2)CCN1. The fourth-order valence-electron chi connectivity index (χ4n) is 3.83. The van der Waals surface area contributed by atoms with Gasteiger partial charge in [-0.3, -0.25) is 0 Å². The molecule has 6 nitrogen and oxygen atoms in total. The first-order valence-corrected chi connectivity index (χ1v) is 9.53. The molecule has 138 valence electrons. The summed E-state index contributed by atoms with van der Waals surface area (Å²) in [5.74, 6) is 0.758. The van der Waals surface area contributed by atoms with E-state index in [1.54, 1.807) is 0 Å². The van der Waals surface area contributed by atoms with Crippen molar-refractivity contribution in [2.45, 2.75) is 31.9 Å². The van der Waals surface area contributed by atoms with E-state index in [1.807, 2.05) is 12.4 Å². The average molecular weight is 353 g/mol. The number of piperazine rings is 1. The number of aromatic nitrogens is 2. The predicted molar refractivity (Wildman–Crippen MR) is 105 cm³/mol. The Balaban J connectivity index is 1.56. The molecule has 2 fully saturated rings. The minimum atomic E-state index is -0.182. The summed E-state index contributed by atoms with van der Waals surface area (Å²) in [5, 5.41) is 13.2. The smallest absolute Gasteiger partial charge is 0.225 e. The predicted octanol–water partition coefficient (Wildman–Crippen LogP) is 1.90. The van der Waals surface area contributed by atoms with E-state index in [1.165, 1.54) is 11.3 Å². The fraction of sp³-hybridized carbons (Fsp3) is 0.500. The van der Waals surface area contributed by atoms with E-state index in [-0.39, 0.29) is 6.10 Å². The van der Waals surface area contributed by atoms with E-state index < -0.39 is 0 Å². The van der Waals surface area contributed by atoms with Gasteiger partial charge in [-0.05, 0) is 25.8 Å². The van der Waals surface area contributed by atoms with Gasteiger partial charge in [0.05, 0.1) is 6.10 Å². The number of rotatable bonds is 3. The van der Waals surface area contributed by atoms with Crippen LogP contribution in [0.5, 0.6) is 0 Å². The molecule has 1 aromatic heterocycles. The Morgan fingerprint density at radius 1 is 1.04 bits per heavy atom. The number of hydrogen-bond acceptors (Lipinski definition) is 6. The normalized spacial score (nSPS) is 21.8. The summed E-state index contributed by atoms with van der Waals surface area (Å²) in [6.07, 6.45) is 5.25. The summed E-state index contributed by atoms with van der Waals surface area (Å²) in [4.78, 5) is 13.8. The van der Waals surface area contributed by atoms with Gasteiger partial charge in [-0.1, -0.05) is 18.2 Å². The molecule has 2 aliphatic rings. The van der Waals surface area contributed by atoms with Gasteiger partial charge in [0.1, 0.15) is 0 Å². The summed E-state index contributed by atoms with van der Waals surface area (Å²) in [5.41, 5.74) is 3.48. The number of benzene rings is 1. The summed E-state index contributed by atoms with van der Waals surface area (Å²) >= 11 is 0. The Morgan fingerprint density at radius 2 is 1.77 bits per heavy atom. The van der Waals surface area contributed by atoms with Crippen molar-refractivity contribution in [3.8, 4) is 11.1 Å². The fourth-order valence-corrected chi connectivity index (χ4v) is 3.83. The minimum absolute atomic E-state index is 0.182. The highest BCUT2D eigenvalue weighted by Crippen LogP contribution is 2.31. The Hall–Kier alpha value is -2.18. The van der Waals surface area contributed by atoms with Crippen LogP contribution in [-0.2, 0) is 0 Å². The molecule has 26 heavy (non-hydrogen) atoms. The topological polar surface area (TPSA) is 64.5 Å². The lowest BCUT2D eigenvalue weighted by atomic mass is 10.0. The second-order valence-electron chi connectivity index (χ2n) is 7.31. The van der Waals surface area contributed by atoms with Gasteiger partial charge in [0.25, 0.3) is 0 Å². The molecule has 0 spiro atoms. The molecule has 0 amide bonds. The van der Waals surface area contributed by atoms with Crippen molar-refractivity contribution in [1.82, 2.24) is 15.3 Å². The van der Waals surface area contributed by atoms with Crippen molar-refractivity contribution in [2.75, 3.05) is 42.5 Å². The molecular weight excluding hydrogens is 326 g/mol. The van der Waals surface area contributed by atoms with Gasteiger partial charge in [0.15, 0.2) is 0 Å². The third-order valence-electron chi connectivity index (χ3n) is 5.31. The highest BCUT2D eigenvalue weighted by atomic mass is 16.3. The van der Waals surface area contributed by atoms with E-state index in [4.69, 9.17) is 0 Å². The van der Waals surface area contributed by atoms with Crippen molar-refractivity contribution < 1.29 is 5.11 Å². The van der Waals surface area contributed by atoms with Crippen molar-refractivity contribution in [3.05, 3.63) is 36.7 Å². The first kappa shape index (κ1) is 17.2. The van der Waals surface area contributed by atoms with Crippen molar-refractivity contribution in [1.29, 1.82) is 0 Å². The van der Waals surface area contributed by atoms with Crippen molar-refractivity contribution >= 4 is 11.6 Å². The number of piperidine rings is 1. The molecule has 0 radical (unpaired) electrons. The second kappa shape index (κ2) is 7.60. The maximum absolute atomic E-state index is 9.66. The van der Waals surface area contributed by atoms with Gasteiger partial charge in [0, 0.05) is 68.0 Å². The average Bonchev–Trinajstić information content (AvgIpc) is 2.69. The highest BCUT2D eigenvalue weighted by Gasteiger charge is 2.21. The molecule has 0 bridgehead atoms. The van der Waals surface area contributed by atoms with Gasteiger partial charge in [-0.2, -0.15) is 0 Å². The largest absolute Gasteiger partial charge is 0.393 e. The molecule has 0 saturated carbocycles. The Labute approximate surface area is 154 Å². The van der Waals surface area contributed by atoms with Crippen LogP contribution in [-0.4, -0.2) is 59.9 Å². The lowest BCUT2D eigenvalue weighted by Crippen LogP contribution is -2.49. The number of hydrogen-bond donors (Lipinski definition) is 2. The van der Waals surface area contributed by atoms with Crippen LogP contribution in [0.15, 0.2) is 36.7 Å². The van der Waals surface area contributed by atoms with Crippen LogP contribution < -0.4 is 15.1 Å². The molecule has 1 aromatic carbocycles. The monoisotopic (exact) mass is 353 g/mol. The van der Waals surface area contributed by atoms with Crippen LogP contribution in [0.2, 0.25) is 0 Å². The lowest BCUT2D eigenvalue weighted by Gasteiger charge is -2.35. The summed E-state index contributed by atoms with van der Waals surface area (Å²) in [7, 11) is 0. The van der Waals surface area contributed by atoms with Crippen LogP contribution in [0.4, 0.5) is 11.6 Å². The quantitative estimate of drug-likeness (QED) is 0.879. The summed E-state index contributed by atoms with van der Waals surface area (Å²) < 4.78 is 0. The lowest BCUT2D eigenvalue weighted by molar-refractivity contribution is 0.145. The van der Waals surface area contributed by atoms with Crippen LogP contribution in [0.1, 0.15) is 19.8 Å². The third-order valence-corrected chi connectivity index (χ3v) is 5.31. The van der Waals surface area contributed by atoms with Crippen LogP contribution in [0, 0.1) is 0 Å². The van der Waals surface area contributed by atoms with Crippen LogP contribution >= 0.6 is 0 Å². The van der Waals surface area contributed by atoms with Crippen molar-refractivity contribution in [3.63, 3.8) is 0 Å². The van der Waals surface area contributed by atoms with E-state index in [0.717, 1.165) is 57.1 Å². The standard InChI is InChI=1S/C20H27N5O/c1-15-14-25(11-8-21-15)19-5-3-2-4-18(19)16-12-22-20(23-13-16)24-9-6-17(26)7-10-24/h2-5,12-13,15,17,21,26H,6-11,14H2,1H3. The molecule has 2 aromatic rings. The van der Waals surface area contributed by atoms with E-state index in [2.05, 4.69) is 56.3 Å². The van der Waals surface area contributed by atoms with Gasteiger partial charge in [-0.25, -0.2) is 9.97 Å². The van der Waals surface area contributed by atoms with E-state index >= 15 is 0 Å². The van der Waals surface area contributed by atoms with Gasteiger partial charge >= 0.3 is 0 Å². The molecule has 2 saturated heterocycles.